The molecule has 0 radical (unpaired) electrons. The van der Waals surface area contributed by atoms with Gasteiger partial charge in [0.25, 0.3) is 0 Å². The molecule has 0 aliphatic carbocycles. The van der Waals surface area contributed by atoms with Gasteiger partial charge in [-0.15, -0.1) is 0 Å². The summed E-state index contributed by atoms with van der Waals surface area (Å²) >= 11 is 0. The Labute approximate surface area is 112 Å². The predicted molar refractivity (Wildman–Crippen MR) is 73.6 cm³/mol. The van der Waals surface area contributed by atoms with Gasteiger partial charge in [-0.25, -0.2) is 4.98 Å². The number of rotatable bonds is 2. The van der Waals surface area contributed by atoms with Crippen LogP contribution in [0.3, 0.4) is 0 Å². The van der Waals surface area contributed by atoms with Crippen LogP contribution in [0.4, 0.5) is 0 Å². The smallest absolute Gasteiger partial charge is 0.219 e. The fourth-order valence-corrected chi connectivity index (χ4v) is 2.61. The molecule has 1 saturated heterocycles. The Hall–Kier alpha value is -1.88. The van der Waals surface area contributed by atoms with Gasteiger partial charge in [-0.3, -0.25) is 9.69 Å². The minimum absolute atomic E-state index is 0.177. The van der Waals surface area contributed by atoms with Crippen LogP contribution in [0, 0.1) is 0 Å². The Kier molecular flexibility index (Phi) is 3.21. The molecule has 5 nitrogen and oxygen atoms in total. The Balaban J connectivity index is 1.68. The van der Waals surface area contributed by atoms with E-state index in [0.717, 1.165) is 38.4 Å². The first kappa shape index (κ1) is 12.2. The summed E-state index contributed by atoms with van der Waals surface area (Å²) in [6.07, 6.45) is 3.84. The van der Waals surface area contributed by atoms with E-state index in [1.54, 1.807) is 13.1 Å². The molecule has 1 aliphatic heterocycles. The monoisotopic (exact) mass is 258 g/mol. The maximum atomic E-state index is 11.3. The molecule has 0 aromatic carbocycles. The number of fused-ring (bicyclic) bond motifs is 1. The second-order valence-electron chi connectivity index (χ2n) is 5.00. The van der Waals surface area contributed by atoms with E-state index in [2.05, 4.69) is 20.9 Å². The van der Waals surface area contributed by atoms with Crippen molar-refractivity contribution in [3.05, 3.63) is 30.1 Å². The first-order valence-corrected chi connectivity index (χ1v) is 6.63. The van der Waals surface area contributed by atoms with E-state index < -0.39 is 0 Å². The molecular formula is C14H18N4O. The molecule has 0 spiro atoms. The number of amides is 1. The lowest BCUT2D eigenvalue weighted by Crippen LogP contribution is -2.47. The van der Waals surface area contributed by atoms with E-state index in [0.29, 0.717) is 0 Å². The Morgan fingerprint density at radius 1 is 1.37 bits per heavy atom. The van der Waals surface area contributed by atoms with Crippen LogP contribution < -0.4 is 0 Å². The number of H-pyrrole nitrogens is 1. The second kappa shape index (κ2) is 5.01. The zero-order chi connectivity index (χ0) is 13.2. The van der Waals surface area contributed by atoms with E-state index in [9.17, 15) is 4.79 Å². The van der Waals surface area contributed by atoms with Gasteiger partial charge >= 0.3 is 0 Å². The first-order chi connectivity index (χ1) is 9.24. The summed E-state index contributed by atoms with van der Waals surface area (Å²) < 4.78 is 0. The van der Waals surface area contributed by atoms with Crippen molar-refractivity contribution in [2.45, 2.75) is 13.5 Å². The van der Waals surface area contributed by atoms with Gasteiger partial charge in [0.2, 0.25) is 5.91 Å². The summed E-state index contributed by atoms with van der Waals surface area (Å²) in [6.45, 7) is 6.09. The van der Waals surface area contributed by atoms with Crippen LogP contribution in [-0.2, 0) is 11.3 Å². The molecule has 3 heterocycles. The van der Waals surface area contributed by atoms with E-state index in [1.807, 2.05) is 17.2 Å². The number of nitrogens with zero attached hydrogens (tertiary/aromatic N) is 3. The third-order valence-corrected chi connectivity index (χ3v) is 3.75. The summed E-state index contributed by atoms with van der Waals surface area (Å²) in [5.74, 6) is 0.177. The highest BCUT2D eigenvalue weighted by Crippen LogP contribution is 2.18. The fraction of sp³-hybridized carbons (Fsp3) is 0.429. The highest BCUT2D eigenvalue weighted by molar-refractivity contribution is 5.79. The van der Waals surface area contributed by atoms with Crippen LogP contribution in [0.5, 0.6) is 0 Å². The average Bonchev–Trinajstić information content (AvgIpc) is 2.83. The van der Waals surface area contributed by atoms with Gasteiger partial charge in [-0.1, -0.05) is 0 Å². The van der Waals surface area contributed by atoms with Gasteiger partial charge in [-0.05, 0) is 17.7 Å². The lowest BCUT2D eigenvalue weighted by atomic mass is 10.2. The van der Waals surface area contributed by atoms with Crippen LogP contribution >= 0.6 is 0 Å². The number of aromatic amines is 1. The second-order valence-corrected chi connectivity index (χ2v) is 5.00. The first-order valence-electron chi connectivity index (χ1n) is 6.63. The summed E-state index contributed by atoms with van der Waals surface area (Å²) in [6, 6.07) is 4.06. The fourth-order valence-electron chi connectivity index (χ4n) is 2.61. The molecule has 1 N–H and O–H groups in total. The molecule has 1 aliphatic rings. The minimum atomic E-state index is 0.177. The maximum absolute atomic E-state index is 11.3. The minimum Gasteiger partial charge on any atom is -0.346 e. The van der Waals surface area contributed by atoms with Crippen molar-refractivity contribution in [1.82, 2.24) is 19.8 Å². The Bertz CT molecular complexity index is 584. The van der Waals surface area contributed by atoms with E-state index in [1.165, 1.54) is 10.9 Å². The maximum Gasteiger partial charge on any atom is 0.219 e. The van der Waals surface area contributed by atoms with Crippen LogP contribution in [0.15, 0.2) is 24.5 Å². The molecule has 19 heavy (non-hydrogen) atoms. The topological polar surface area (TPSA) is 52.2 Å². The molecule has 2 aromatic rings. The van der Waals surface area contributed by atoms with Gasteiger partial charge in [0, 0.05) is 57.4 Å². The number of hydrogen-bond donors (Lipinski definition) is 1. The summed E-state index contributed by atoms with van der Waals surface area (Å²) in [5.41, 5.74) is 2.22. The van der Waals surface area contributed by atoms with Gasteiger partial charge in [0.15, 0.2) is 0 Å². The molecular weight excluding hydrogens is 240 g/mol. The number of carbonyl (C=O) groups is 1. The summed E-state index contributed by atoms with van der Waals surface area (Å²) in [5, 5.41) is 1.19. The summed E-state index contributed by atoms with van der Waals surface area (Å²) in [7, 11) is 0. The number of nitrogens with one attached hydrogen (secondary N) is 1. The van der Waals surface area contributed by atoms with Gasteiger partial charge in [0.05, 0.1) is 0 Å². The van der Waals surface area contributed by atoms with E-state index >= 15 is 0 Å². The Morgan fingerprint density at radius 3 is 2.89 bits per heavy atom. The van der Waals surface area contributed by atoms with Crippen LogP contribution in [0.25, 0.3) is 11.0 Å². The zero-order valence-electron chi connectivity index (χ0n) is 11.1. The molecule has 5 heteroatoms. The molecule has 3 rings (SSSR count). The average molecular weight is 258 g/mol. The molecule has 100 valence electrons. The van der Waals surface area contributed by atoms with Crippen LogP contribution in [0.1, 0.15) is 12.5 Å². The number of piperazine rings is 1. The largest absolute Gasteiger partial charge is 0.346 e. The van der Waals surface area contributed by atoms with Gasteiger partial charge in [-0.2, -0.15) is 0 Å². The highest BCUT2D eigenvalue weighted by atomic mass is 16.2. The number of hydrogen-bond acceptors (Lipinski definition) is 3. The lowest BCUT2D eigenvalue weighted by Gasteiger charge is -2.34. The van der Waals surface area contributed by atoms with Crippen LogP contribution in [0.2, 0.25) is 0 Å². The van der Waals surface area contributed by atoms with Crippen molar-refractivity contribution in [2.24, 2.45) is 0 Å². The SMILES string of the molecule is CC(=O)N1CCN(Cc2c[nH]c3ncccc23)CC1. The van der Waals surface area contributed by atoms with E-state index in [-0.39, 0.29) is 5.91 Å². The van der Waals surface area contributed by atoms with Gasteiger partial charge in [0.1, 0.15) is 5.65 Å². The third-order valence-electron chi connectivity index (χ3n) is 3.75. The zero-order valence-corrected chi connectivity index (χ0v) is 11.1. The molecule has 1 amide bonds. The quantitative estimate of drug-likeness (QED) is 0.881. The standard InChI is InChI=1S/C14H18N4O/c1-11(19)18-7-5-17(6-8-18)10-12-9-16-14-13(12)3-2-4-15-14/h2-4,9H,5-8,10H2,1H3,(H,15,16). The molecule has 0 bridgehead atoms. The molecule has 0 atom stereocenters. The number of carbonyl (C=O) groups excluding carboxylic acids is 1. The highest BCUT2D eigenvalue weighted by Gasteiger charge is 2.19. The molecule has 1 fully saturated rings. The van der Waals surface area contributed by atoms with Crippen LogP contribution in [-0.4, -0.2) is 51.9 Å². The summed E-state index contributed by atoms with van der Waals surface area (Å²) in [4.78, 5) is 23.1. The van der Waals surface area contributed by atoms with Crippen molar-refractivity contribution < 1.29 is 4.79 Å². The van der Waals surface area contributed by atoms with Crippen molar-refractivity contribution in [3.63, 3.8) is 0 Å². The molecule has 2 aromatic heterocycles. The number of aromatic nitrogens is 2. The Morgan fingerprint density at radius 2 is 2.16 bits per heavy atom. The van der Waals surface area contributed by atoms with Crippen molar-refractivity contribution in [1.29, 1.82) is 0 Å². The third kappa shape index (κ3) is 2.46. The molecule has 0 unspecified atom stereocenters. The van der Waals surface area contributed by atoms with Crippen molar-refractivity contribution >= 4 is 16.9 Å². The van der Waals surface area contributed by atoms with Crippen molar-refractivity contribution in [3.8, 4) is 0 Å². The lowest BCUT2D eigenvalue weighted by molar-refractivity contribution is -0.130. The van der Waals surface area contributed by atoms with Gasteiger partial charge < -0.3 is 9.88 Å². The normalized spacial score (nSPS) is 17.0. The van der Waals surface area contributed by atoms with E-state index in [4.69, 9.17) is 0 Å². The number of pyridine rings is 1. The molecule has 0 saturated carbocycles. The van der Waals surface area contributed by atoms with Crippen molar-refractivity contribution in [2.75, 3.05) is 26.2 Å². The predicted octanol–water partition coefficient (Wildman–Crippen LogP) is 1.23.